The smallest absolute Gasteiger partial charge is 0.273 e. The van der Waals surface area contributed by atoms with Crippen LogP contribution in [0.4, 0.5) is 11.4 Å². The number of benzene rings is 1. The van der Waals surface area contributed by atoms with Gasteiger partial charge in [-0.05, 0) is 74.6 Å². The van der Waals surface area contributed by atoms with Gasteiger partial charge in [-0.25, -0.2) is 0 Å². The zero-order chi connectivity index (χ0) is 26.5. The monoisotopic (exact) mass is 527 g/mol. The highest BCUT2D eigenvalue weighted by molar-refractivity contribution is 7.09. The lowest BCUT2D eigenvalue weighted by atomic mass is 10.1. The fourth-order valence-corrected chi connectivity index (χ4v) is 4.82. The molecule has 1 aromatic carbocycles. The number of hydrogen-bond donors (Lipinski definition) is 3. The number of hydrogen-bond acceptors (Lipinski definition) is 9. The lowest BCUT2D eigenvalue weighted by Crippen LogP contribution is -2.45. The van der Waals surface area contributed by atoms with Crippen molar-refractivity contribution in [3.8, 4) is 5.75 Å². The number of aromatic nitrogens is 1. The van der Waals surface area contributed by atoms with Crippen molar-refractivity contribution >= 4 is 40.6 Å². The molecule has 1 saturated heterocycles. The topological polar surface area (TPSA) is 163 Å². The summed E-state index contributed by atoms with van der Waals surface area (Å²) in [5.74, 6) is -0.543. The maximum absolute atomic E-state index is 14.0. The van der Waals surface area contributed by atoms with E-state index < -0.39 is 23.8 Å². The van der Waals surface area contributed by atoms with Gasteiger partial charge in [-0.2, -0.15) is 4.37 Å². The average molecular weight is 528 g/mol. The number of aryl methyl sites for hydroxylation is 1. The molecule has 1 fully saturated rings. The second-order valence-corrected chi connectivity index (χ2v) is 9.24. The van der Waals surface area contributed by atoms with E-state index in [9.17, 15) is 14.4 Å². The van der Waals surface area contributed by atoms with Gasteiger partial charge in [0.15, 0.2) is 11.7 Å². The first-order valence-electron chi connectivity index (χ1n) is 11.9. The van der Waals surface area contributed by atoms with E-state index in [0.717, 1.165) is 24.4 Å². The molecule has 2 atom stereocenters. The van der Waals surface area contributed by atoms with Crippen LogP contribution < -0.4 is 26.4 Å². The summed E-state index contributed by atoms with van der Waals surface area (Å²) >= 11 is 0.736. The van der Waals surface area contributed by atoms with E-state index >= 15 is 0 Å². The summed E-state index contributed by atoms with van der Waals surface area (Å²) in [6, 6.07) is 8.86. The Morgan fingerprint density at radius 2 is 2.00 bits per heavy atom. The van der Waals surface area contributed by atoms with Gasteiger partial charge in [-0.15, -0.1) is 0 Å². The van der Waals surface area contributed by atoms with E-state index in [1.807, 2.05) is 6.92 Å². The Bertz CT molecular complexity index is 1260. The molecule has 5 N–H and O–H groups in total. The predicted molar refractivity (Wildman–Crippen MR) is 138 cm³/mol. The Kier molecular flexibility index (Phi) is 8.09. The number of primary amides is 1. The van der Waals surface area contributed by atoms with Crippen LogP contribution >= 0.6 is 11.5 Å². The van der Waals surface area contributed by atoms with Crippen LogP contribution in [0.1, 0.15) is 57.5 Å². The van der Waals surface area contributed by atoms with Crippen molar-refractivity contribution in [2.75, 3.05) is 30.4 Å². The number of ether oxygens (including phenoxy) is 2. The summed E-state index contributed by atoms with van der Waals surface area (Å²) in [5, 5.41) is 2.90. The molecule has 3 heterocycles. The zero-order valence-electron chi connectivity index (χ0n) is 20.6. The Hall–Kier alpha value is -3.90. The molecule has 1 aliphatic rings. The Morgan fingerprint density at radius 1 is 1.24 bits per heavy atom. The van der Waals surface area contributed by atoms with Crippen molar-refractivity contribution in [1.29, 1.82) is 0 Å². The van der Waals surface area contributed by atoms with E-state index in [2.05, 4.69) is 9.69 Å². The summed E-state index contributed by atoms with van der Waals surface area (Å²) in [5.41, 5.74) is 11.5. The molecule has 3 amide bonds. The van der Waals surface area contributed by atoms with Gasteiger partial charge < -0.3 is 30.7 Å². The number of furan rings is 1. The number of anilines is 2. The summed E-state index contributed by atoms with van der Waals surface area (Å²) in [4.78, 5) is 40.6. The van der Waals surface area contributed by atoms with Crippen LogP contribution in [0.15, 0.2) is 40.8 Å². The largest absolute Gasteiger partial charge is 0.494 e. The Labute approximate surface area is 217 Å². The molecule has 0 saturated carbocycles. The molecule has 11 nitrogen and oxygen atoms in total. The van der Waals surface area contributed by atoms with Gasteiger partial charge in [0.1, 0.15) is 22.1 Å². The minimum Gasteiger partial charge on any atom is -0.494 e. The van der Waals surface area contributed by atoms with Gasteiger partial charge >= 0.3 is 0 Å². The molecular formula is C25H29N5O6S. The quantitative estimate of drug-likeness (QED) is 0.362. The van der Waals surface area contributed by atoms with E-state index in [1.54, 1.807) is 43.3 Å². The molecule has 12 heteroatoms. The van der Waals surface area contributed by atoms with Crippen molar-refractivity contribution < 1.29 is 28.3 Å². The van der Waals surface area contributed by atoms with Crippen LogP contribution in [-0.2, 0) is 9.53 Å². The third-order valence-corrected chi connectivity index (χ3v) is 6.72. The SMILES string of the molecule is CCOc1ccc(N(C(=O)c2snc(C(N)=O)c2N)[C@H](C(=O)NC[C@@H]2CCCO2)c2ccc(C)o2)cc1. The van der Waals surface area contributed by atoms with E-state index in [1.165, 1.54) is 4.90 Å². The number of nitrogens with one attached hydrogen (secondary N) is 1. The van der Waals surface area contributed by atoms with Crippen LogP contribution in [0.2, 0.25) is 0 Å². The number of amides is 3. The number of rotatable bonds is 10. The molecule has 3 aromatic rings. The Balaban J connectivity index is 1.78. The summed E-state index contributed by atoms with van der Waals surface area (Å²) in [6.45, 7) is 5.00. The fraction of sp³-hybridized carbons (Fsp3) is 0.360. The van der Waals surface area contributed by atoms with Crippen LogP contribution in [0.25, 0.3) is 0 Å². The molecule has 2 aromatic heterocycles. The lowest BCUT2D eigenvalue weighted by molar-refractivity contribution is -0.123. The third-order valence-electron chi connectivity index (χ3n) is 5.87. The zero-order valence-corrected chi connectivity index (χ0v) is 21.4. The number of nitrogens with zero attached hydrogens (tertiary/aromatic N) is 2. The average Bonchev–Trinajstić information content (AvgIpc) is 3.63. The lowest BCUT2D eigenvalue weighted by Gasteiger charge is -2.30. The van der Waals surface area contributed by atoms with Crippen molar-refractivity contribution in [2.45, 2.75) is 38.8 Å². The summed E-state index contributed by atoms with van der Waals surface area (Å²) in [6.07, 6.45) is 1.65. The van der Waals surface area contributed by atoms with Crippen LogP contribution in [0, 0.1) is 6.92 Å². The third kappa shape index (κ3) is 5.75. The van der Waals surface area contributed by atoms with Crippen molar-refractivity contribution in [1.82, 2.24) is 9.69 Å². The number of nitrogens with two attached hydrogens (primary N) is 2. The van der Waals surface area contributed by atoms with Crippen molar-refractivity contribution in [3.05, 3.63) is 58.5 Å². The molecule has 0 bridgehead atoms. The number of nitrogen functional groups attached to an aromatic ring is 1. The molecule has 1 aliphatic heterocycles. The minimum atomic E-state index is -1.20. The van der Waals surface area contributed by atoms with Crippen molar-refractivity contribution in [2.24, 2.45) is 5.73 Å². The second-order valence-electron chi connectivity index (χ2n) is 8.47. The first-order valence-corrected chi connectivity index (χ1v) is 12.6. The first kappa shape index (κ1) is 26.2. The van der Waals surface area contributed by atoms with Crippen LogP contribution in [-0.4, -0.2) is 48.0 Å². The van der Waals surface area contributed by atoms with E-state index in [4.69, 9.17) is 25.4 Å². The van der Waals surface area contributed by atoms with Gasteiger partial charge in [0.2, 0.25) is 0 Å². The number of carbonyl (C=O) groups is 3. The normalized spacial score (nSPS) is 15.8. The molecule has 4 rings (SSSR count). The highest BCUT2D eigenvalue weighted by Crippen LogP contribution is 2.34. The minimum absolute atomic E-state index is 0.0251. The molecular weight excluding hydrogens is 498 g/mol. The standard InChI is InChI=1S/C25H29N5O6S/c1-3-34-16-9-7-15(8-10-16)30(25(33)22-19(26)20(23(27)31)29-37-22)21(18-11-6-14(2)36-18)24(32)28-13-17-5-4-12-35-17/h6-11,17,21H,3-5,12-13,26H2,1-2H3,(H2,27,31)(H,28,32)/t17-,21-/m0/s1. The van der Waals surface area contributed by atoms with E-state index in [0.29, 0.717) is 30.4 Å². The maximum Gasteiger partial charge on any atom is 0.273 e. The molecule has 0 spiro atoms. The highest BCUT2D eigenvalue weighted by atomic mass is 32.1. The fourth-order valence-electron chi connectivity index (χ4n) is 4.08. The van der Waals surface area contributed by atoms with Gasteiger partial charge in [-0.1, -0.05) is 0 Å². The molecule has 0 radical (unpaired) electrons. The van der Waals surface area contributed by atoms with Crippen LogP contribution in [0.3, 0.4) is 0 Å². The van der Waals surface area contributed by atoms with Crippen LogP contribution in [0.5, 0.6) is 5.75 Å². The summed E-state index contributed by atoms with van der Waals surface area (Å²) in [7, 11) is 0. The maximum atomic E-state index is 14.0. The first-order chi connectivity index (χ1) is 17.8. The predicted octanol–water partition coefficient (Wildman–Crippen LogP) is 2.81. The van der Waals surface area contributed by atoms with Gasteiger partial charge in [0.05, 0.1) is 18.4 Å². The summed E-state index contributed by atoms with van der Waals surface area (Å²) < 4.78 is 21.0. The van der Waals surface area contributed by atoms with Gasteiger partial charge in [-0.3, -0.25) is 19.3 Å². The molecule has 0 aliphatic carbocycles. The molecule has 196 valence electrons. The molecule has 37 heavy (non-hydrogen) atoms. The second kappa shape index (κ2) is 11.4. The Morgan fingerprint density at radius 3 is 2.57 bits per heavy atom. The highest BCUT2D eigenvalue weighted by Gasteiger charge is 2.38. The molecule has 0 unspecified atom stereocenters. The number of carbonyl (C=O) groups excluding carboxylic acids is 3. The van der Waals surface area contributed by atoms with Crippen molar-refractivity contribution in [3.63, 3.8) is 0 Å². The van der Waals surface area contributed by atoms with Gasteiger partial charge in [0.25, 0.3) is 17.7 Å². The van der Waals surface area contributed by atoms with Gasteiger partial charge in [0, 0.05) is 18.8 Å². The van der Waals surface area contributed by atoms with E-state index in [-0.39, 0.29) is 34.7 Å².